The summed E-state index contributed by atoms with van der Waals surface area (Å²) in [4.78, 5) is 0. The summed E-state index contributed by atoms with van der Waals surface area (Å²) in [5.74, 6) is 1.40. The molecule has 0 aliphatic heterocycles. The second-order valence-corrected chi connectivity index (χ2v) is 6.38. The Balaban J connectivity index is 1.75. The molecule has 0 atom stereocenters. The molecule has 0 fully saturated rings. The van der Waals surface area contributed by atoms with E-state index in [1.807, 2.05) is 24.3 Å². The van der Waals surface area contributed by atoms with Gasteiger partial charge in [0.2, 0.25) is 0 Å². The molecule has 0 saturated carbocycles. The summed E-state index contributed by atoms with van der Waals surface area (Å²) < 4.78 is 24.8. The van der Waals surface area contributed by atoms with Gasteiger partial charge in [0.15, 0.2) is 0 Å². The van der Waals surface area contributed by atoms with Gasteiger partial charge in [-0.1, -0.05) is 45.9 Å². The van der Waals surface area contributed by atoms with Gasteiger partial charge in [0.1, 0.15) is 11.6 Å². The summed E-state index contributed by atoms with van der Waals surface area (Å²) in [5, 5.41) is 8.53. The Morgan fingerprint density at radius 3 is 2.83 bits per heavy atom. The lowest BCUT2D eigenvalue weighted by Gasteiger charge is -2.03. The average Bonchev–Trinajstić information content (AvgIpc) is 3.03. The first kappa shape index (κ1) is 16.0. The van der Waals surface area contributed by atoms with Crippen LogP contribution in [0.2, 0.25) is 0 Å². The first-order valence-electron chi connectivity index (χ1n) is 6.71. The molecule has 0 radical (unpaired) electrons. The minimum absolute atomic E-state index is 0.276. The van der Waals surface area contributed by atoms with Crippen LogP contribution in [-0.2, 0) is 5.75 Å². The molecule has 4 nitrogen and oxygen atoms in total. The topological polar surface area (TPSA) is 48.2 Å². The van der Waals surface area contributed by atoms with E-state index in [2.05, 4.69) is 26.1 Å². The van der Waals surface area contributed by atoms with Crippen LogP contribution in [0.5, 0.6) is 5.75 Å². The number of hydrogen-bond donors (Lipinski definition) is 0. The number of benzene rings is 2. The van der Waals surface area contributed by atoms with Crippen LogP contribution in [0, 0.1) is 5.82 Å². The van der Waals surface area contributed by atoms with Crippen LogP contribution in [0.4, 0.5) is 4.39 Å². The van der Waals surface area contributed by atoms with Gasteiger partial charge in [-0.15, -0.1) is 10.2 Å². The highest BCUT2D eigenvalue weighted by atomic mass is 79.9. The van der Waals surface area contributed by atoms with Gasteiger partial charge >= 0.3 is 0 Å². The maximum Gasteiger partial charge on any atom is 0.277 e. The Hall–Kier alpha value is -1.86. The number of hydrogen-bond acceptors (Lipinski definition) is 5. The van der Waals surface area contributed by atoms with E-state index in [1.54, 1.807) is 13.2 Å². The lowest BCUT2D eigenvalue weighted by atomic mass is 10.2. The molecule has 7 heteroatoms. The minimum Gasteiger partial charge on any atom is -0.496 e. The van der Waals surface area contributed by atoms with Crippen molar-refractivity contribution < 1.29 is 13.5 Å². The zero-order chi connectivity index (χ0) is 16.2. The highest BCUT2D eigenvalue weighted by Gasteiger charge is 2.13. The molecule has 0 bridgehead atoms. The molecule has 3 aromatic rings. The summed E-state index contributed by atoms with van der Waals surface area (Å²) in [6, 6.07) is 12.0. The van der Waals surface area contributed by atoms with E-state index in [-0.39, 0.29) is 5.82 Å². The quantitative estimate of drug-likeness (QED) is 0.573. The number of halogens is 2. The van der Waals surface area contributed by atoms with Crippen molar-refractivity contribution in [1.82, 2.24) is 10.2 Å². The van der Waals surface area contributed by atoms with E-state index in [9.17, 15) is 4.39 Å². The Bertz CT molecular complexity index is 825. The number of thioether (sulfide) groups is 1. The van der Waals surface area contributed by atoms with Gasteiger partial charge in [0, 0.05) is 10.2 Å². The molecule has 118 valence electrons. The number of ether oxygens (including phenoxy) is 1. The monoisotopic (exact) mass is 394 g/mol. The number of para-hydroxylation sites is 1. The maximum atomic E-state index is 13.1. The third kappa shape index (κ3) is 3.73. The zero-order valence-corrected chi connectivity index (χ0v) is 14.5. The van der Waals surface area contributed by atoms with E-state index < -0.39 is 0 Å². The van der Waals surface area contributed by atoms with E-state index in [0.717, 1.165) is 15.6 Å². The molecule has 0 unspecified atom stereocenters. The predicted molar refractivity (Wildman–Crippen MR) is 89.9 cm³/mol. The molecule has 0 aliphatic rings. The lowest BCUT2D eigenvalue weighted by molar-refractivity contribution is 0.411. The third-order valence-electron chi connectivity index (χ3n) is 3.11. The molecule has 0 aliphatic carbocycles. The fourth-order valence-electron chi connectivity index (χ4n) is 1.98. The van der Waals surface area contributed by atoms with Gasteiger partial charge in [-0.3, -0.25) is 0 Å². The first-order valence-corrected chi connectivity index (χ1v) is 8.49. The number of nitrogens with zero attached hydrogens (tertiary/aromatic N) is 2. The van der Waals surface area contributed by atoms with E-state index in [0.29, 0.717) is 22.6 Å². The van der Waals surface area contributed by atoms with E-state index in [4.69, 9.17) is 9.15 Å². The van der Waals surface area contributed by atoms with Crippen molar-refractivity contribution in [3.05, 3.63) is 58.3 Å². The largest absolute Gasteiger partial charge is 0.496 e. The molecular weight excluding hydrogens is 383 g/mol. The summed E-state index contributed by atoms with van der Waals surface area (Å²) in [5.41, 5.74) is 1.70. The maximum absolute atomic E-state index is 13.1. The fraction of sp³-hybridized carbons (Fsp3) is 0.125. The van der Waals surface area contributed by atoms with Crippen LogP contribution < -0.4 is 4.74 Å². The van der Waals surface area contributed by atoms with Crippen LogP contribution in [-0.4, -0.2) is 17.3 Å². The summed E-state index contributed by atoms with van der Waals surface area (Å²) in [6.07, 6.45) is 0. The molecule has 0 amide bonds. The first-order chi connectivity index (χ1) is 11.2. The van der Waals surface area contributed by atoms with Crippen molar-refractivity contribution in [3.8, 4) is 17.2 Å². The molecule has 0 N–H and O–H groups in total. The molecule has 0 spiro atoms. The van der Waals surface area contributed by atoms with Crippen molar-refractivity contribution in [3.63, 3.8) is 0 Å². The fourth-order valence-corrected chi connectivity index (χ4v) is 3.42. The van der Waals surface area contributed by atoms with Gasteiger partial charge in [-0.05, 0) is 29.8 Å². The highest BCUT2D eigenvalue weighted by molar-refractivity contribution is 9.10. The molecule has 3 rings (SSSR count). The summed E-state index contributed by atoms with van der Waals surface area (Å²) >= 11 is 4.73. The van der Waals surface area contributed by atoms with E-state index in [1.165, 1.54) is 23.9 Å². The van der Waals surface area contributed by atoms with Crippen molar-refractivity contribution in [1.29, 1.82) is 0 Å². The van der Waals surface area contributed by atoms with Crippen LogP contribution >= 0.6 is 27.7 Å². The third-order valence-corrected chi connectivity index (χ3v) is 4.72. The zero-order valence-electron chi connectivity index (χ0n) is 12.1. The number of methoxy groups -OCH3 is 1. The predicted octanol–water partition coefficient (Wildman–Crippen LogP) is 4.94. The molecular formula is C16H12BrFN2O2S. The Labute approximate surface area is 145 Å². The SMILES string of the molecule is COc1ccccc1-c1nnc(SCc2ccc(F)cc2Br)o1. The van der Waals surface area contributed by atoms with Crippen LogP contribution in [0.15, 0.2) is 56.6 Å². The molecule has 1 aromatic heterocycles. The van der Waals surface area contributed by atoms with Crippen molar-refractivity contribution >= 4 is 27.7 Å². The number of aromatic nitrogens is 2. The summed E-state index contributed by atoms with van der Waals surface area (Å²) in [7, 11) is 1.59. The molecule has 23 heavy (non-hydrogen) atoms. The Kier molecular flexibility index (Phi) is 4.97. The Morgan fingerprint density at radius 1 is 1.22 bits per heavy atom. The lowest BCUT2D eigenvalue weighted by Crippen LogP contribution is -1.87. The second kappa shape index (κ2) is 7.14. The van der Waals surface area contributed by atoms with Gasteiger partial charge in [0.05, 0.1) is 12.7 Å². The van der Waals surface area contributed by atoms with Gasteiger partial charge in [-0.2, -0.15) is 0 Å². The summed E-state index contributed by atoms with van der Waals surface area (Å²) in [6.45, 7) is 0. The average molecular weight is 395 g/mol. The van der Waals surface area contributed by atoms with Crippen molar-refractivity contribution in [2.45, 2.75) is 11.0 Å². The van der Waals surface area contributed by atoms with Gasteiger partial charge < -0.3 is 9.15 Å². The standard InChI is InChI=1S/C16H12BrFN2O2S/c1-21-14-5-3-2-4-12(14)15-19-20-16(22-15)23-9-10-6-7-11(18)8-13(10)17/h2-8H,9H2,1H3. The number of rotatable bonds is 5. The van der Waals surface area contributed by atoms with Gasteiger partial charge in [0.25, 0.3) is 11.1 Å². The molecule has 2 aromatic carbocycles. The van der Waals surface area contributed by atoms with Crippen molar-refractivity contribution in [2.75, 3.05) is 7.11 Å². The van der Waals surface area contributed by atoms with Crippen LogP contribution in [0.3, 0.4) is 0 Å². The Morgan fingerprint density at radius 2 is 2.04 bits per heavy atom. The second-order valence-electron chi connectivity index (χ2n) is 4.60. The van der Waals surface area contributed by atoms with Gasteiger partial charge in [-0.25, -0.2) is 4.39 Å². The normalized spacial score (nSPS) is 10.7. The highest BCUT2D eigenvalue weighted by Crippen LogP contribution is 2.32. The minimum atomic E-state index is -0.276. The molecule has 1 heterocycles. The van der Waals surface area contributed by atoms with Crippen LogP contribution in [0.1, 0.15) is 5.56 Å². The van der Waals surface area contributed by atoms with E-state index >= 15 is 0 Å². The molecule has 0 saturated heterocycles. The van der Waals surface area contributed by atoms with Crippen LogP contribution in [0.25, 0.3) is 11.5 Å². The smallest absolute Gasteiger partial charge is 0.277 e. The van der Waals surface area contributed by atoms with Crippen molar-refractivity contribution in [2.24, 2.45) is 0 Å².